The summed E-state index contributed by atoms with van der Waals surface area (Å²) in [5.41, 5.74) is 0.826. The Kier molecular flexibility index (Phi) is 6.82. The Balaban J connectivity index is 1.44. The predicted molar refractivity (Wildman–Crippen MR) is 111 cm³/mol. The van der Waals surface area contributed by atoms with E-state index in [9.17, 15) is 4.79 Å². The van der Waals surface area contributed by atoms with Gasteiger partial charge in [-0.1, -0.05) is 12.1 Å². The van der Waals surface area contributed by atoms with E-state index in [1.165, 1.54) is 6.21 Å². The molecule has 1 aliphatic carbocycles. The number of unbranched alkanes of at least 4 members (excludes halogenated alkanes) is 1. The van der Waals surface area contributed by atoms with Gasteiger partial charge in [0, 0.05) is 6.54 Å². The van der Waals surface area contributed by atoms with E-state index in [0.29, 0.717) is 6.61 Å². The molecule has 1 N–H and O–H groups in total. The molecule has 28 heavy (non-hydrogen) atoms. The minimum Gasteiger partial charge on any atom is -0.492 e. The van der Waals surface area contributed by atoms with Gasteiger partial charge in [-0.25, -0.2) is 0 Å². The molecular weight excluding hydrogens is 352 g/mol. The number of carbonyl (C=O) groups is 1. The molecule has 0 saturated heterocycles. The number of benzene rings is 2. The molecule has 0 aromatic heterocycles. The van der Waals surface area contributed by atoms with Gasteiger partial charge in [-0.3, -0.25) is 0 Å². The van der Waals surface area contributed by atoms with Crippen molar-refractivity contribution in [3.05, 3.63) is 54.1 Å². The smallest absolute Gasteiger partial charge is 0.130 e. The molecule has 5 heteroatoms. The van der Waals surface area contributed by atoms with Crippen molar-refractivity contribution in [3.8, 4) is 17.2 Å². The van der Waals surface area contributed by atoms with Gasteiger partial charge in [0.25, 0.3) is 0 Å². The highest BCUT2D eigenvalue weighted by atomic mass is 16.5. The summed E-state index contributed by atoms with van der Waals surface area (Å²) in [7, 11) is 2.07. The fourth-order valence-corrected chi connectivity index (χ4v) is 3.10. The van der Waals surface area contributed by atoms with E-state index in [-0.39, 0.29) is 5.41 Å². The van der Waals surface area contributed by atoms with Crippen LogP contribution < -0.4 is 9.47 Å². The minimum absolute atomic E-state index is 0.244. The average molecular weight is 380 g/mol. The normalized spacial score (nSPS) is 14.5. The summed E-state index contributed by atoms with van der Waals surface area (Å²) in [6.45, 7) is 2.45. The van der Waals surface area contributed by atoms with E-state index >= 15 is 0 Å². The molecule has 1 aliphatic rings. The maximum Gasteiger partial charge on any atom is 0.130 e. The van der Waals surface area contributed by atoms with Crippen LogP contribution in [0.4, 0.5) is 0 Å². The van der Waals surface area contributed by atoms with Gasteiger partial charge in [0.2, 0.25) is 0 Å². The molecule has 0 aliphatic heterocycles. The lowest BCUT2D eigenvalue weighted by Gasteiger charge is -2.16. The number of ether oxygens (including phenoxy) is 2. The minimum atomic E-state index is -0.244. The standard InChI is InChI=1S/C23H28N2O3/c1-25(15-3-2-14-24)16-17-27-20-8-10-22(11-9-20)28-21-6-4-19(5-7-21)23(18-26)12-13-23/h4-11,14,18,24H,2-3,12-13,15-17H2,1H3. The summed E-state index contributed by atoms with van der Waals surface area (Å²) in [6.07, 6.45) is 6.23. The molecule has 1 fully saturated rings. The molecule has 0 spiro atoms. The lowest BCUT2D eigenvalue weighted by molar-refractivity contribution is -0.109. The van der Waals surface area contributed by atoms with Gasteiger partial charge >= 0.3 is 0 Å². The Bertz CT molecular complexity index is 767. The third-order valence-corrected chi connectivity index (χ3v) is 5.13. The van der Waals surface area contributed by atoms with Crippen LogP contribution in [0.3, 0.4) is 0 Å². The molecular formula is C23H28N2O3. The first-order valence-electron chi connectivity index (χ1n) is 9.80. The molecule has 5 nitrogen and oxygen atoms in total. The van der Waals surface area contributed by atoms with Crippen molar-refractivity contribution in [2.75, 3.05) is 26.7 Å². The number of hydrogen-bond acceptors (Lipinski definition) is 5. The lowest BCUT2D eigenvalue weighted by Crippen LogP contribution is -2.25. The average Bonchev–Trinajstić information content (AvgIpc) is 3.51. The van der Waals surface area contributed by atoms with E-state index in [4.69, 9.17) is 14.9 Å². The molecule has 0 bridgehead atoms. The highest BCUT2D eigenvalue weighted by Gasteiger charge is 2.44. The van der Waals surface area contributed by atoms with Crippen LogP contribution in [0.15, 0.2) is 48.5 Å². The third kappa shape index (κ3) is 5.42. The Morgan fingerprint density at radius 2 is 1.61 bits per heavy atom. The number of nitrogens with one attached hydrogen (secondary N) is 1. The van der Waals surface area contributed by atoms with Gasteiger partial charge < -0.3 is 24.6 Å². The first-order chi connectivity index (χ1) is 13.6. The fourth-order valence-electron chi connectivity index (χ4n) is 3.10. The largest absolute Gasteiger partial charge is 0.492 e. The van der Waals surface area contributed by atoms with Gasteiger partial charge in [0.15, 0.2) is 0 Å². The van der Waals surface area contributed by atoms with Crippen molar-refractivity contribution >= 4 is 12.5 Å². The molecule has 148 valence electrons. The van der Waals surface area contributed by atoms with E-state index in [1.54, 1.807) is 0 Å². The molecule has 3 rings (SSSR count). The molecule has 0 radical (unpaired) electrons. The van der Waals surface area contributed by atoms with Crippen molar-refractivity contribution in [3.63, 3.8) is 0 Å². The van der Waals surface area contributed by atoms with Gasteiger partial charge in [0.05, 0.1) is 5.41 Å². The summed E-state index contributed by atoms with van der Waals surface area (Å²) in [5.74, 6) is 2.32. The van der Waals surface area contributed by atoms with E-state index in [0.717, 1.165) is 67.9 Å². The molecule has 0 atom stereocenters. The Morgan fingerprint density at radius 1 is 1.00 bits per heavy atom. The monoisotopic (exact) mass is 380 g/mol. The van der Waals surface area contributed by atoms with Crippen molar-refractivity contribution in [1.82, 2.24) is 4.90 Å². The number of rotatable bonds is 12. The van der Waals surface area contributed by atoms with Crippen LogP contribution in [0, 0.1) is 5.41 Å². The van der Waals surface area contributed by atoms with E-state index in [2.05, 4.69) is 11.9 Å². The SMILES string of the molecule is CN(CCCC=N)CCOc1ccc(Oc2ccc(C3(C=O)CC3)cc2)cc1. The third-order valence-electron chi connectivity index (χ3n) is 5.13. The zero-order valence-corrected chi connectivity index (χ0v) is 16.4. The van der Waals surface area contributed by atoms with Crippen LogP contribution in [-0.4, -0.2) is 44.1 Å². The van der Waals surface area contributed by atoms with Crippen LogP contribution in [0.2, 0.25) is 0 Å². The number of aldehydes is 1. The Hall–Kier alpha value is -2.66. The van der Waals surface area contributed by atoms with Crippen LogP contribution >= 0.6 is 0 Å². The first kappa shape index (κ1) is 20.1. The maximum absolute atomic E-state index is 11.2. The van der Waals surface area contributed by atoms with Crippen molar-refractivity contribution in [1.29, 1.82) is 5.41 Å². The van der Waals surface area contributed by atoms with Gasteiger partial charge in [-0.05, 0) is 87.5 Å². The summed E-state index contributed by atoms with van der Waals surface area (Å²) in [6, 6.07) is 15.4. The summed E-state index contributed by atoms with van der Waals surface area (Å²) in [5, 5.41) is 7.04. The van der Waals surface area contributed by atoms with Gasteiger partial charge in [-0.2, -0.15) is 0 Å². The zero-order chi connectivity index (χ0) is 19.8. The Labute approximate surface area is 166 Å². The lowest BCUT2D eigenvalue weighted by atomic mass is 9.98. The molecule has 2 aromatic carbocycles. The second-order valence-electron chi connectivity index (χ2n) is 7.37. The summed E-state index contributed by atoms with van der Waals surface area (Å²) >= 11 is 0. The zero-order valence-electron chi connectivity index (χ0n) is 16.4. The van der Waals surface area contributed by atoms with Crippen molar-refractivity contribution < 1.29 is 14.3 Å². The number of carbonyl (C=O) groups excluding carboxylic acids is 1. The molecule has 0 amide bonds. The first-order valence-corrected chi connectivity index (χ1v) is 9.80. The van der Waals surface area contributed by atoms with Crippen LogP contribution in [0.25, 0.3) is 0 Å². The molecule has 0 heterocycles. The second-order valence-corrected chi connectivity index (χ2v) is 7.37. The summed E-state index contributed by atoms with van der Waals surface area (Å²) < 4.78 is 11.7. The van der Waals surface area contributed by atoms with Crippen molar-refractivity contribution in [2.45, 2.75) is 31.1 Å². The van der Waals surface area contributed by atoms with E-state index < -0.39 is 0 Å². The van der Waals surface area contributed by atoms with Gasteiger partial charge in [-0.15, -0.1) is 0 Å². The predicted octanol–water partition coefficient (Wildman–Crippen LogP) is 4.45. The van der Waals surface area contributed by atoms with E-state index in [1.807, 2.05) is 48.5 Å². The molecule has 1 saturated carbocycles. The number of nitrogens with zero attached hydrogens (tertiary/aromatic N) is 1. The quantitative estimate of drug-likeness (QED) is 0.336. The van der Waals surface area contributed by atoms with Crippen molar-refractivity contribution in [2.24, 2.45) is 0 Å². The van der Waals surface area contributed by atoms with Gasteiger partial charge in [0.1, 0.15) is 30.1 Å². The second kappa shape index (κ2) is 9.51. The van der Waals surface area contributed by atoms with Crippen LogP contribution in [0.1, 0.15) is 31.2 Å². The fraction of sp³-hybridized carbons (Fsp3) is 0.391. The highest BCUT2D eigenvalue weighted by molar-refractivity contribution is 5.73. The Morgan fingerprint density at radius 3 is 2.18 bits per heavy atom. The summed E-state index contributed by atoms with van der Waals surface area (Å²) in [4.78, 5) is 13.4. The number of hydrogen-bond donors (Lipinski definition) is 1. The molecule has 2 aromatic rings. The molecule has 0 unspecified atom stereocenters. The topological polar surface area (TPSA) is 62.6 Å². The maximum atomic E-state index is 11.2. The highest BCUT2D eigenvalue weighted by Crippen LogP contribution is 2.46. The van der Waals surface area contributed by atoms with Crippen LogP contribution in [0.5, 0.6) is 17.2 Å². The number of likely N-dealkylation sites (N-methyl/N-ethyl adjacent to an activating group) is 1. The van der Waals surface area contributed by atoms with Crippen LogP contribution in [-0.2, 0) is 10.2 Å².